The summed E-state index contributed by atoms with van der Waals surface area (Å²) in [5.74, 6) is 0.289. The summed E-state index contributed by atoms with van der Waals surface area (Å²) in [7, 11) is 0. The number of carbonyl (C=O) groups is 1. The lowest BCUT2D eigenvalue weighted by Gasteiger charge is -2.33. The third-order valence-electron chi connectivity index (χ3n) is 6.22. The van der Waals surface area contributed by atoms with Crippen LogP contribution in [0.4, 0.5) is 0 Å². The highest BCUT2D eigenvalue weighted by Gasteiger charge is 2.28. The van der Waals surface area contributed by atoms with Crippen molar-refractivity contribution in [3.05, 3.63) is 88.6 Å². The van der Waals surface area contributed by atoms with E-state index in [9.17, 15) is 9.59 Å². The first-order chi connectivity index (χ1) is 16.0. The number of hydrogen-bond acceptors (Lipinski definition) is 4. The molecule has 0 spiro atoms. The van der Waals surface area contributed by atoms with E-state index in [1.165, 1.54) is 10.3 Å². The highest BCUT2D eigenvalue weighted by molar-refractivity contribution is 5.85. The Morgan fingerprint density at radius 3 is 2.36 bits per heavy atom. The van der Waals surface area contributed by atoms with Crippen LogP contribution >= 0.6 is 0 Å². The average Bonchev–Trinajstić information content (AvgIpc) is 3.22. The molecule has 0 saturated heterocycles. The molecule has 1 aliphatic rings. The zero-order chi connectivity index (χ0) is 23.4. The van der Waals surface area contributed by atoms with Crippen molar-refractivity contribution in [3.63, 3.8) is 0 Å². The van der Waals surface area contributed by atoms with Gasteiger partial charge in [0.1, 0.15) is 6.33 Å². The van der Waals surface area contributed by atoms with Crippen LogP contribution in [0.25, 0.3) is 11.3 Å². The van der Waals surface area contributed by atoms with Gasteiger partial charge in [-0.1, -0.05) is 55.5 Å². The maximum Gasteiger partial charge on any atom is 0.350 e. The topological polar surface area (TPSA) is 60.1 Å². The Bertz CT molecular complexity index is 1170. The molecule has 172 valence electrons. The third-order valence-corrected chi connectivity index (χ3v) is 6.22. The Kier molecular flexibility index (Phi) is 7.04. The Balaban J connectivity index is 1.51. The standard InChI is InChI=1S/C27H32N4O2/c1-4-8-25(32)26(23-9-6-5-7-10-23)29-17-15-22(16-18-29)21-11-13-24(14-12-21)30-19-28-31(20(2)3)27(30)33/h5-7,9-15,19-20,26H,4,8,16-18H2,1-3H3. The maximum atomic E-state index is 12.9. The molecule has 0 saturated carbocycles. The lowest BCUT2D eigenvalue weighted by Crippen LogP contribution is -2.37. The normalized spacial score (nSPS) is 15.5. The van der Waals surface area contributed by atoms with Gasteiger partial charge in [0.2, 0.25) is 0 Å². The fourth-order valence-electron chi connectivity index (χ4n) is 4.48. The van der Waals surface area contributed by atoms with Gasteiger partial charge in [0.25, 0.3) is 0 Å². The molecule has 0 fully saturated rings. The first kappa shape index (κ1) is 22.9. The smallest absolute Gasteiger partial charge is 0.298 e. The van der Waals surface area contributed by atoms with E-state index in [-0.39, 0.29) is 23.6 Å². The lowest BCUT2D eigenvalue weighted by molar-refractivity contribution is -0.124. The Morgan fingerprint density at radius 1 is 1.06 bits per heavy atom. The second-order valence-corrected chi connectivity index (χ2v) is 8.87. The van der Waals surface area contributed by atoms with Crippen molar-refractivity contribution in [2.24, 2.45) is 0 Å². The molecule has 3 aromatic rings. The number of aromatic nitrogens is 3. The predicted octanol–water partition coefficient (Wildman–Crippen LogP) is 4.81. The number of benzene rings is 2. The van der Waals surface area contributed by atoms with Crippen LogP contribution in [0, 0.1) is 0 Å². The number of ketones is 1. The minimum absolute atomic E-state index is 0.0253. The fourth-order valence-corrected chi connectivity index (χ4v) is 4.48. The van der Waals surface area contributed by atoms with E-state index >= 15 is 0 Å². The molecule has 2 heterocycles. The van der Waals surface area contributed by atoms with Crippen molar-refractivity contribution >= 4 is 11.4 Å². The van der Waals surface area contributed by atoms with Gasteiger partial charge in [0, 0.05) is 19.5 Å². The van der Waals surface area contributed by atoms with E-state index in [0.29, 0.717) is 6.42 Å². The van der Waals surface area contributed by atoms with E-state index in [1.807, 2.05) is 44.2 Å². The minimum atomic E-state index is -0.185. The van der Waals surface area contributed by atoms with Crippen LogP contribution in [-0.4, -0.2) is 38.1 Å². The van der Waals surface area contributed by atoms with Crippen LogP contribution in [0.3, 0.4) is 0 Å². The first-order valence-electron chi connectivity index (χ1n) is 11.8. The zero-order valence-corrected chi connectivity index (χ0v) is 19.6. The Hall–Kier alpha value is -3.25. The van der Waals surface area contributed by atoms with Gasteiger partial charge in [-0.2, -0.15) is 5.10 Å². The number of hydrogen-bond donors (Lipinski definition) is 0. The number of carbonyl (C=O) groups excluding carboxylic acids is 1. The molecule has 4 rings (SSSR count). The largest absolute Gasteiger partial charge is 0.350 e. The minimum Gasteiger partial charge on any atom is -0.298 e. The lowest BCUT2D eigenvalue weighted by atomic mass is 9.94. The molecule has 1 aliphatic heterocycles. The summed E-state index contributed by atoms with van der Waals surface area (Å²) < 4.78 is 3.06. The summed E-state index contributed by atoms with van der Waals surface area (Å²) in [4.78, 5) is 27.8. The van der Waals surface area contributed by atoms with Crippen LogP contribution in [0.1, 0.15) is 63.2 Å². The van der Waals surface area contributed by atoms with Crippen molar-refractivity contribution in [1.29, 1.82) is 0 Å². The maximum absolute atomic E-state index is 12.9. The zero-order valence-electron chi connectivity index (χ0n) is 19.6. The van der Waals surface area contributed by atoms with Gasteiger partial charge in [-0.05, 0) is 55.5 Å². The second-order valence-electron chi connectivity index (χ2n) is 8.87. The molecule has 1 aromatic heterocycles. The van der Waals surface area contributed by atoms with Gasteiger partial charge in [-0.25, -0.2) is 14.0 Å². The Labute approximate surface area is 195 Å². The molecule has 1 atom stereocenters. The number of nitrogens with zero attached hydrogens (tertiary/aromatic N) is 4. The van der Waals surface area contributed by atoms with E-state index < -0.39 is 0 Å². The molecule has 0 bridgehead atoms. The van der Waals surface area contributed by atoms with Crippen molar-refractivity contribution in [2.45, 2.75) is 52.1 Å². The third kappa shape index (κ3) is 4.91. The summed E-state index contributed by atoms with van der Waals surface area (Å²) in [5, 5.41) is 4.20. The Morgan fingerprint density at radius 2 is 1.79 bits per heavy atom. The van der Waals surface area contributed by atoms with E-state index in [4.69, 9.17) is 0 Å². The molecule has 6 heteroatoms. The first-order valence-corrected chi connectivity index (χ1v) is 11.8. The molecular formula is C27H32N4O2. The van der Waals surface area contributed by atoms with Crippen molar-refractivity contribution in [3.8, 4) is 5.69 Å². The molecular weight excluding hydrogens is 412 g/mol. The summed E-state index contributed by atoms with van der Waals surface area (Å²) >= 11 is 0. The monoisotopic (exact) mass is 444 g/mol. The SMILES string of the molecule is CCCC(=O)C(c1ccccc1)N1CC=C(c2ccc(-n3cnn(C(C)C)c3=O)cc2)CC1. The van der Waals surface area contributed by atoms with Gasteiger partial charge in [-0.3, -0.25) is 9.69 Å². The quantitative estimate of drug-likeness (QED) is 0.500. The van der Waals surface area contributed by atoms with Crippen LogP contribution in [0.5, 0.6) is 0 Å². The summed E-state index contributed by atoms with van der Waals surface area (Å²) in [5.41, 5.74) is 4.18. The van der Waals surface area contributed by atoms with Crippen LogP contribution in [-0.2, 0) is 4.79 Å². The molecule has 2 aromatic carbocycles. The fraction of sp³-hybridized carbons (Fsp3) is 0.370. The van der Waals surface area contributed by atoms with E-state index in [1.54, 1.807) is 10.9 Å². The van der Waals surface area contributed by atoms with Gasteiger partial charge in [-0.15, -0.1) is 0 Å². The average molecular weight is 445 g/mol. The van der Waals surface area contributed by atoms with Crippen molar-refractivity contribution < 1.29 is 4.79 Å². The molecule has 0 amide bonds. The summed E-state index contributed by atoms with van der Waals surface area (Å²) in [6.07, 6.45) is 6.15. The predicted molar refractivity (Wildman–Crippen MR) is 131 cm³/mol. The van der Waals surface area contributed by atoms with Gasteiger partial charge < -0.3 is 0 Å². The molecule has 33 heavy (non-hydrogen) atoms. The van der Waals surface area contributed by atoms with E-state index in [0.717, 1.165) is 42.7 Å². The molecule has 0 N–H and O–H groups in total. The summed E-state index contributed by atoms with van der Waals surface area (Å²) in [6, 6.07) is 18.0. The van der Waals surface area contributed by atoms with Crippen LogP contribution < -0.4 is 5.69 Å². The van der Waals surface area contributed by atoms with E-state index in [2.05, 4.69) is 47.3 Å². The van der Waals surface area contributed by atoms with Crippen molar-refractivity contribution in [2.75, 3.05) is 13.1 Å². The van der Waals surface area contributed by atoms with Crippen molar-refractivity contribution in [1.82, 2.24) is 19.2 Å². The summed E-state index contributed by atoms with van der Waals surface area (Å²) in [6.45, 7) is 7.52. The van der Waals surface area contributed by atoms with Gasteiger partial charge in [0.05, 0.1) is 17.8 Å². The number of Topliss-reactive ketones (excluding diaryl/α,β-unsaturated/α-hetero) is 1. The van der Waals surface area contributed by atoms with Gasteiger partial charge >= 0.3 is 5.69 Å². The second kappa shape index (κ2) is 10.1. The van der Waals surface area contributed by atoms with Crippen LogP contribution in [0.2, 0.25) is 0 Å². The highest BCUT2D eigenvalue weighted by Crippen LogP contribution is 2.30. The molecule has 6 nitrogen and oxygen atoms in total. The van der Waals surface area contributed by atoms with Gasteiger partial charge in [0.15, 0.2) is 5.78 Å². The molecule has 0 aliphatic carbocycles. The number of rotatable bonds is 8. The molecule has 0 radical (unpaired) electrons. The van der Waals surface area contributed by atoms with Crippen LogP contribution in [0.15, 0.2) is 71.8 Å². The molecule has 1 unspecified atom stereocenters. The highest BCUT2D eigenvalue weighted by atomic mass is 16.2.